The summed E-state index contributed by atoms with van der Waals surface area (Å²) in [5.74, 6) is 0.875. The maximum Gasteiger partial charge on any atom is 0.130 e. The van der Waals surface area contributed by atoms with Crippen molar-refractivity contribution < 1.29 is 9.13 Å². The highest BCUT2D eigenvalue weighted by molar-refractivity contribution is 7.48. The zero-order valence-electron chi connectivity index (χ0n) is 17.9. The van der Waals surface area contributed by atoms with Crippen LogP contribution in [0.2, 0.25) is 0 Å². The van der Waals surface area contributed by atoms with Crippen LogP contribution in [0.15, 0.2) is 36.4 Å². The van der Waals surface area contributed by atoms with Crippen LogP contribution in [0, 0.1) is 12.7 Å². The summed E-state index contributed by atoms with van der Waals surface area (Å²) in [4.78, 5) is 0. The molecule has 0 aliphatic carbocycles. The zero-order valence-corrected chi connectivity index (χ0v) is 18.9. The van der Waals surface area contributed by atoms with Crippen molar-refractivity contribution in [1.29, 1.82) is 0 Å². The molecular formula is C24H34FOP. The SMILES string of the molecule is CCCC(CC)(Pc1ccccc1F)c1cc(C)cc(C(C)(C)C)c1OC. The molecule has 0 N–H and O–H groups in total. The molecule has 2 rings (SSSR count). The van der Waals surface area contributed by atoms with Crippen LogP contribution in [0.3, 0.4) is 0 Å². The van der Waals surface area contributed by atoms with Gasteiger partial charge in [-0.3, -0.25) is 0 Å². The first kappa shape index (κ1) is 21.9. The molecule has 0 aliphatic rings. The Labute approximate surface area is 166 Å². The van der Waals surface area contributed by atoms with Gasteiger partial charge in [-0.1, -0.05) is 85.5 Å². The normalized spacial score (nSPS) is 14.5. The molecule has 0 aromatic heterocycles. The van der Waals surface area contributed by atoms with E-state index in [0.29, 0.717) is 8.58 Å². The van der Waals surface area contributed by atoms with Crippen LogP contribution in [-0.2, 0) is 10.6 Å². The van der Waals surface area contributed by atoms with Crippen LogP contribution in [0.5, 0.6) is 5.75 Å². The third-order valence-electron chi connectivity index (χ3n) is 5.29. The van der Waals surface area contributed by atoms with Crippen LogP contribution in [0.4, 0.5) is 4.39 Å². The summed E-state index contributed by atoms with van der Waals surface area (Å²) in [6.45, 7) is 13.3. The fraction of sp³-hybridized carbons (Fsp3) is 0.500. The Morgan fingerprint density at radius 1 is 1.04 bits per heavy atom. The van der Waals surface area contributed by atoms with Gasteiger partial charge in [-0.15, -0.1) is 0 Å². The number of benzene rings is 2. The van der Waals surface area contributed by atoms with E-state index in [0.717, 1.165) is 30.3 Å². The van der Waals surface area contributed by atoms with Gasteiger partial charge in [0.1, 0.15) is 11.6 Å². The zero-order chi connectivity index (χ0) is 20.2. The molecule has 0 fully saturated rings. The summed E-state index contributed by atoms with van der Waals surface area (Å²) in [5, 5.41) is 0.697. The van der Waals surface area contributed by atoms with Crippen LogP contribution in [0.1, 0.15) is 70.6 Å². The van der Waals surface area contributed by atoms with Gasteiger partial charge in [0.25, 0.3) is 0 Å². The van der Waals surface area contributed by atoms with Gasteiger partial charge in [0.05, 0.1) is 7.11 Å². The molecule has 2 aromatic carbocycles. The van der Waals surface area contributed by atoms with Gasteiger partial charge in [-0.2, -0.15) is 0 Å². The van der Waals surface area contributed by atoms with E-state index in [-0.39, 0.29) is 16.4 Å². The monoisotopic (exact) mass is 388 g/mol. The second-order valence-corrected chi connectivity index (χ2v) is 10.2. The molecule has 2 aromatic rings. The predicted octanol–water partition coefficient (Wildman–Crippen LogP) is 6.85. The van der Waals surface area contributed by atoms with Gasteiger partial charge in [0, 0.05) is 21.6 Å². The van der Waals surface area contributed by atoms with Crippen molar-refractivity contribution in [1.82, 2.24) is 0 Å². The molecule has 0 bridgehead atoms. The number of ether oxygens (including phenoxy) is 1. The minimum Gasteiger partial charge on any atom is -0.496 e. The topological polar surface area (TPSA) is 9.23 Å². The van der Waals surface area contributed by atoms with E-state index in [2.05, 4.69) is 53.7 Å². The molecule has 1 nitrogen and oxygen atoms in total. The number of hydrogen-bond donors (Lipinski definition) is 0. The second-order valence-electron chi connectivity index (χ2n) is 8.43. The van der Waals surface area contributed by atoms with E-state index in [1.54, 1.807) is 19.2 Å². The minimum atomic E-state index is -0.117. The average molecular weight is 389 g/mol. The van der Waals surface area contributed by atoms with Gasteiger partial charge < -0.3 is 4.74 Å². The number of rotatable bonds is 7. The molecule has 2 unspecified atom stereocenters. The van der Waals surface area contributed by atoms with Crippen molar-refractivity contribution in [2.24, 2.45) is 0 Å². The third kappa shape index (κ3) is 4.72. The Hall–Kier alpha value is -1.40. The fourth-order valence-corrected chi connectivity index (χ4v) is 5.64. The largest absolute Gasteiger partial charge is 0.496 e. The van der Waals surface area contributed by atoms with Gasteiger partial charge in [-0.05, 0) is 31.2 Å². The van der Waals surface area contributed by atoms with Crippen molar-refractivity contribution in [2.75, 3.05) is 7.11 Å². The first-order chi connectivity index (χ1) is 12.7. The first-order valence-electron chi connectivity index (χ1n) is 9.90. The standard InChI is InChI=1S/C24H34FOP/c1-8-14-24(9-2,27-21-13-11-10-12-20(21)25)19-16-17(3)15-18(22(19)26-7)23(4,5)6/h10-13,15-16,27H,8-9,14H2,1-7H3. The Morgan fingerprint density at radius 3 is 2.19 bits per heavy atom. The Morgan fingerprint density at radius 2 is 1.67 bits per heavy atom. The molecule has 3 heteroatoms. The highest BCUT2D eigenvalue weighted by atomic mass is 31.1. The molecule has 0 aliphatic heterocycles. The van der Waals surface area contributed by atoms with Crippen molar-refractivity contribution in [3.05, 3.63) is 58.9 Å². The average Bonchev–Trinajstić information content (AvgIpc) is 2.61. The van der Waals surface area contributed by atoms with Gasteiger partial charge in [0.2, 0.25) is 0 Å². The van der Waals surface area contributed by atoms with Crippen LogP contribution in [0.25, 0.3) is 0 Å². The number of hydrogen-bond acceptors (Lipinski definition) is 1. The third-order valence-corrected chi connectivity index (χ3v) is 7.32. The van der Waals surface area contributed by atoms with Crippen molar-refractivity contribution in [3.63, 3.8) is 0 Å². The smallest absolute Gasteiger partial charge is 0.130 e. The fourth-order valence-electron chi connectivity index (χ4n) is 3.87. The van der Waals surface area contributed by atoms with E-state index in [1.807, 2.05) is 12.1 Å². The molecular weight excluding hydrogens is 354 g/mol. The number of methoxy groups -OCH3 is 1. The summed E-state index contributed by atoms with van der Waals surface area (Å²) >= 11 is 0. The van der Waals surface area contributed by atoms with Crippen molar-refractivity contribution in [2.45, 2.75) is 71.4 Å². The first-order valence-corrected chi connectivity index (χ1v) is 10.9. The number of halogens is 1. The lowest BCUT2D eigenvalue weighted by molar-refractivity contribution is 0.380. The van der Waals surface area contributed by atoms with E-state index in [4.69, 9.17) is 4.74 Å². The highest BCUT2D eigenvalue weighted by Crippen LogP contribution is 2.53. The second kappa shape index (κ2) is 8.74. The van der Waals surface area contributed by atoms with Gasteiger partial charge in [-0.25, -0.2) is 4.39 Å². The van der Waals surface area contributed by atoms with Crippen molar-refractivity contribution in [3.8, 4) is 5.75 Å². The van der Waals surface area contributed by atoms with Crippen molar-refractivity contribution >= 4 is 13.9 Å². The quantitative estimate of drug-likeness (QED) is 0.471. The molecule has 0 heterocycles. The summed E-state index contributed by atoms with van der Waals surface area (Å²) in [7, 11) is 2.14. The molecule has 0 radical (unpaired) electrons. The predicted molar refractivity (Wildman–Crippen MR) is 118 cm³/mol. The van der Waals surface area contributed by atoms with Crippen LogP contribution >= 0.6 is 8.58 Å². The Kier molecular flexibility index (Phi) is 7.09. The molecule has 148 valence electrons. The lowest BCUT2D eigenvalue weighted by Crippen LogP contribution is -2.26. The van der Waals surface area contributed by atoms with Gasteiger partial charge >= 0.3 is 0 Å². The summed E-state index contributed by atoms with van der Waals surface area (Å²) in [5.41, 5.74) is 3.69. The van der Waals surface area contributed by atoms with E-state index < -0.39 is 0 Å². The lowest BCUT2D eigenvalue weighted by Gasteiger charge is -2.37. The van der Waals surface area contributed by atoms with Crippen LogP contribution < -0.4 is 10.0 Å². The maximum absolute atomic E-state index is 14.5. The number of aryl methyl sites for hydroxylation is 1. The molecule has 27 heavy (non-hydrogen) atoms. The summed E-state index contributed by atoms with van der Waals surface area (Å²) in [6, 6.07) is 11.7. The summed E-state index contributed by atoms with van der Waals surface area (Å²) in [6.07, 6.45) is 3.02. The molecule has 0 amide bonds. The minimum absolute atomic E-state index is 0.0150. The highest BCUT2D eigenvalue weighted by Gasteiger charge is 2.36. The van der Waals surface area contributed by atoms with E-state index >= 15 is 0 Å². The Bertz CT molecular complexity index is 778. The van der Waals surface area contributed by atoms with Crippen LogP contribution in [-0.4, -0.2) is 7.11 Å². The Balaban J connectivity index is 2.73. The molecule has 0 saturated heterocycles. The van der Waals surface area contributed by atoms with E-state index in [9.17, 15) is 4.39 Å². The summed E-state index contributed by atoms with van der Waals surface area (Å²) < 4.78 is 20.5. The maximum atomic E-state index is 14.5. The van der Waals surface area contributed by atoms with E-state index in [1.165, 1.54) is 16.7 Å². The lowest BCUT2D eigenvalue weighted by atomic mass is 9.80. The molecule has 2 atom stereocenters. The molecule has 0 saturated carbocycles. The van der Waals surface area contributed by atoms with Gasteiger partial charge in [0.15, 0.2) is 0 Å². The molecule has 0 spiro atoms.